The van der Waals surface area contributed by atoms with Gasteiger partial charge in [0.1, 0.15) is 13.2 Å². The standard InChI is InChI=1S/C15H18ClN3O2/c1-10-12(9-19(2)18-10)8-17-7-11-5-13(16)15-14(6-11)20-3-4-21-15/h5-6,9,17H,3-4,7-8H2,1-2H3. The van der Waals surface area contributed by atoms with Crippen molar-refractivity contribution in [1.29, 1.82) is 0 Å². The first kappa shape index (κ1) is 14.2. The lowest BCUT2D eigenvalue weighted by Crippen LogP contribution is -2.17. The molecule has 1 aliphatic rings. The summed E-state index contributed by atoms with van der Waals surface area (Å²) in [5.41, 5.74) is 3.32. The van der Waals surface area contributed by atoms with E-state index in [-0.39, 0.29) is 0 Å². The molecule has 0 fully saturated rings. The molecule has 0 saturated heterocycles. The van der Waals surface area contributed by atoms with Crippen LogP contribution in [-0.4, -0.2) is 23.0 Å². The minimum absolute atomic E-state index is 0.546. The van der Waals surface area contributed by atoms with Crippen molar-refractivity contribution in [3.63, 3.8) is 0 Å². The SMILES string of the molecule is Cc1nn(C)cc1CNCc1cc(Cl)c2c(c1)OCCO2. The van der Waals surface area contributed by atoms with E-state index >= 15 is 0 Å². The number of fused-ring (bicyclic) bond motifs is 1. The van der Waals surface area contributed by atoms with Crippen molar-refractivity contribution in [3.05, 3.63) is 40.2 Å². The van der Waals surface area contributed by atoms with Crippen molar-refractivity contribution in [2.75, 3.05) is 13.2 Å². The first-order chi connectivity index (χ1) is 10.1. The molecule has 0 bridgehead atoms. The zero-order valence-corrected chi connectivity index (χ0v) is 12.9. The second-order valence-corrected chi connectivity index (χ2v) is 5.53. The predicted molar refractivity (Wildman–Crippen MR) is 80.9 cm³/mol. The summed E-state index contributed by atoms with van der Waals surface area (Å²) in [6, 6.07) is 3.89. The van der Waals surface area contributed by atoms with Gasteiger partial charge in [-0.15, -0.1) is 0 Å². The Hall–Kier alpha value is -1.72. The van der Waals surface area contributed by atoms with Gasteiger partial charge in [0.2, 0.25) is 0 Å². The zero-order valence-electron chi connectivity index (χ0n) is 12.1. The number of ether oxygens (including phenoxy) is 2. The molecule has 1 aliphatic heterocycles. The lowest BCUT2D eigenvalue weighted by molar-refractivity contribution is 0.171. The summed E-state index contributed by atoms with van der Waals surface area (Å²) in [5.74, 6) is 1.37. The van der Waals surface area contributed by atoms with E-state index < -0.39 is 0 Å². The second kappa shape index (κ2) is 5.95. The van der Waals surface area contributed by atoms with Gasteiger partial charge in [-0.2, -0.15) is 5.10 Å². The second-order valence-electron chi connectivity index (χ2n) is 5.12. The highest BCUT2D eigenvalue weighted by molar-refractivity contribution is 6.32. The topological polar surface area (TPSA) is 48.3 Å². The number of nitrogens with one attached hydrogen (secondary N) is 1. The average Bonchev–Trinajstić information content (AvgIpc) is 2.77. The van der Waals surface area contributed by atoms with E-state index in [1.807, 2.05) is 37.0 Å². The minimum atomic E-state index is 0.546. The molecular weight excluding hydrogens is 290 g/mol. The highest BCUT2D eigenvalue weighted by Crippen LogP contribution is 2.38. The Morgan fingerprint density at radius 2 is 2.10 bits per heavy atom. The van der Waals surface area contributed by atoms with E-state index in [2.05, 4.69) is 10.4 Å². The maximum Gasteiger partial charge on any atom is 0.179 e. The summed E-state index contributed by atoms with van der Waals surface area (Å²) in [4.78, 5) is 0. The maximum absolute atomic E-state index is 6.23. The molecule has 0 unspecified atom stereocenters. The summed E-state index contributed by atoms with van der Waals surface area (Å²) in [7, 11) is 1.93. The van der Waals surface area contributed by atoms with E-state index in [0.29, 0.717) is 30.5 Å². The van der Waals surface area contributed by atoms with Gasteiger partial charge < -0.3 is 14.8 Å². The number of hydrogen-bond donors (Lipinski definition) is 1. The van der Waals surface area contributed by atoms with Crippen LogP contribution in [0.2, 0.25) is 5.02 Å². The first-order valence-electron chi connectivity index (χ1n) is 6.91. The largest absolute Gasteiger partial charge is 0.486 e. The van der Waals surface area contributed by atoms with E-state index in [4.69, 9.17) is 21.1 Å². The van der Waals surface area contributed by atoms with E-state index in [0.717, 1.165) is 23.6 Å². The number of halogens is 1. The summed E-state index contributed by atoms with van der Waals surface area (Å²) in [6.07, 6.45) is 2.03. The van der Waals surface area contributed by atoms with Crippen LogP contribution in [0.15, 0.2) is 18.3 Å². The molecule has 1 aromatic carbocycles. The zero-order chi connectivity index (χ0) is 14.8. The van der Waals surface area contributed by atoms with Gasteiger partial charge in [0.15, 0.2) is 11.5 Å². The Kier molecular flexibility index (Phi) is 4.03. The number of aromatic nitrogens is 2. The van der Waals surface area contributed by atoms with Crippen LogP contribution < -0.4 is 14.8 Å². The van der Waals surface area contributed by atoms with Crippen molar-refractivity contribution in [1.82, 2.24) is 15.1 Å². The van der Waals surface area contributed by atoms with Gasteiger partial charge in [0.25, 0.3) is 0 Å². The molecule has 0 aliphatic carbocycles. The number of nitrogens with zero attached hydrogens (tertiary/aromatic N) is 2. The van der Waals surface area contributed by atoms with Crippen molar-refractivity contribution < 1.29 is 9.47 Å². The number of hydrogen-bond acceptors (Lipinski definition) is 4. The normalized spacial score (nSPS) is 13.5. The van der Waals surface area contributed by atoms with Crippen LogP contribution in [0.25, 0.3) is 0 Å². The Balaban J connectivity index is 1.65. The summed E-state index contributed by atoms with van der Waals surface area (Å²) in [6.45, 7) is 4.61. The third-order valence-corrected chi connectivity index (χ3v) is 3.70. The van der Waals surface area contributed by atoms with Crippen LogP contribution in [0.3, 0.4) is 0 Å². The monoisotopic (exact) mass is 307 g/mol. The molecule has 1 N–H and O–H groups in total. The third kappa shape index (κ3) is 3.14. The van der Waals surface area contributed by atoms with Crippen LogP contribution >= 0.6 is 11.6 Å². The quantitative estimate of drug-likeness (QED) is 0.942. The van der Waals surface area contributed by atoms with Gasteiger partial charge in [-0.25, -0.2) is 0 Å². The van der Waals surface area contributed by atoms with E-state index in [1.165, 1.54) is 5.56 Å². The lowest BCUT2D eigenvalue weighted by Gasteiger charge is -2.20. The van der Waals surface area contributed by atoms with Crippen LogP contribution in [0.4, 0.5) is 0 Å². The molecule has 0 radical (unpaired) electrons. The fraction of sp³-hybridized carbons (Fsp3) is 0.400. The fourth-order valence-corrected chi connectivity index (χ4v) is 2.72. The van der Waals surface area contributed by atoms with Crippen LogP contribution in [0, 0.1) is 6.92 Å². The van der Waals surface area contributed by atoms with Gasteiger partial charge >= 0.3 is 0 Å². The Morgan fingerprint density at radius 1 is 1.29 bits per heavy atom. The molecule has 3 rings (SSSR count). The van der Waals surface area contributed by atoms with Crippen LogP contribution in [-0.2, 0) is 20.1 Å². The summed E-state index contributed by atoms with van der Waals surface area (Å²) >= 11 is 6.23. The molecule has 112 valence electrons. The predicted octanol–water partition coefficient (Wildman–Crippen LogP) is 2.44. The van der Waals surface area contributed by atoms with Crippen molar-refractivity contribution in [2.24, 2.45) is 7.05 Å². The molecule has 5 nitrogen and oxygen atoms in total. The molecule has 6 heteroatoms. The molecule has 21 heavy (non-hydrogen) atoms. The van der Waals surface area contributed by atoms with Gasteiger partial charge in [-0.1, -0.05) is 11.6 Å². The molecule has 0 amide bonds. The van der Waals surface area contributed by atoms with Crippen LogP contribution in [0.5, 0.6) is 11.5 Å². The van der Waals surface area contributed by atoms with Gasteiger partial charge in [0, 0.05) is 31.9 Å². The summed E-state index contributed by atoms with van der Waals surface area (Å²) < 4.78 is 12.9. The van der Waals surface area contributed by atoms with Crippen molar-refractivity contribution >= 4 is 11.6 Å². The Bertz CT molecular complexity index is 655. The average molecular weight is 308 g/mol. The van der Waals surface area contributed by atoms with Gasteiger partial charge in [-0.3, -0.25) is 4.68 Å². The smallest absolute Gasteiger partial charge is 0.179 e. The maximum atomic E-state index is 6.23. The molecule has 1 aromatic heterocycles. The molecule has 0 saturated carbocycles. The fourth-order valence-electron chi connectivity index (χ4n) is 2.43. The minimum Gasteiger partial charge on any atom is -0.486 e. The molecular formula is C15H18ClN3O2. The highest BCUT2D eigenvalue weighted by atomic mass is 35.5. The lowest BCUT2D eigenvalue weighted by atomic mass is 10.2. The van der Waals surface area contributed by atoms with Gasteiger partial charge in [-0.05, 0) is 24.6 Å². The van der Waals surface area contributed by atoms with Crippen LogP contribution in [0.1, 0.15) is 16.8 Å². The summed E-state index contributed by atoms with van der Waals surface area (Å²) in [5, 5.41) is 8.32. The van der Waals surface area contributed by atoms with Gasteiger partial charge in [0.05, 0.1) is 10.7 Å². The Morgan fingerprint density at radius 3 is 2.86 bits per heavy atom. The Labute approximate surface area is 128 Å². The number of aryl methyl sites for hydroxylation is 2. The molecule has 0 atom stereocenters. The molecule has 2 aromatic rings. The molecule has 2 heterocycles. The van der Waals surface area contributed by atoms with Crippen molar-refractivity contribution in [3.8, 4) is 11.5 Å². The first-order valence-corrected chi connectivity index (χ1v) is 7.29. The molecule has 0 spiro atoms. The van der Waals surface area contributed by atoms with E-state index in [9.17, 15) is 0 Å². The third-order valence-electron chi connectivity index (χ3n) is 3.42. The number of rotatable bonds is 4. The number of benzene rings is 1. The van der Waals surface area contributed by atoms with E-state index in [1.54, 1.807) is 0 Å². The van der Waals surface area contributed by atoms with Crippen molar-refractivity contribution in [2.45, 2.75) is 20.0 Å². The highest BCUT2D eigenvalue weighted by Gasteiger charge is 2.16.